The first kappa shape index (κ1) is 18.5. The van der Waals surface area contributed by atoms with E-state index < -0.39 is 17.9 Å². The first-order valence-corrected chi connectivity index (χ1v) is 7.87. The van der Waals surface area contributed by atoms with Crippen LogP contribution in [0.3, 0.4) is 0 Å². The van der Waals surface area contributed by atoms with Crippen molar-refractivity contribution in [1.29, 1.82) is 0 Å². The number of methoxy groups -OCH3 is 1. The summed E-state index contributed by atoms with van der Waals surface area (Å²) in [6.45, 7) is 3.69. The van der Waals surface area contributed by atoms with E-state index in [9.17, 15) is 9.59 Å². The van der Waals surface area contributed by atoms with E-state index in [0.717, 1.165) is 11.1 Å². The first-order chi connectivity index (χ1) is 12.0. The van der Waals surface area contributed by atoms with Gasteiger partial charge in [-0.25, -0.2) is 0 Å². The van der Waals surface area contributed by atoms with Crippen LogP contribution in [0.25, 0.3) is 0 Å². The summed E-state index contributed by atoms with van der Waals surface area (Å²) < 4.78 is 10.7. The molecule has 0 bridgehead atoms. The summed E-state index contributed by atoms with van der Waals surface area (Å²) in [5.41, 5.74) is 7.43. The van der Waals surface area contributed by atoms with Crippen molar-refractivity contribution in [1.82, 2.24) is 10.9 Å². The lowest BCUT2D eigenvalue weighted by Crippen LogP contribution is -2.46. The highest BCUT2D eigenvalue weighted by molar-refractivity contribution is 5.86. The summed E-state index contributed by atoms with van der Waals surface area (Å²) in [5, 5.41) is 0. The lowest BCUT2D eigenvalue weighted by Gasteiger charge is -2.16. The summed E-state index contributed by atoms with van der Waals surface area (Å²) in [6.07, 6.45) is -0.804. The number of amides is 2. The molecule has 2 aromatic rings. The summed E-state index contributed by atoms with van der Waals surface area (Å²) in [4.78, 5) is 24.0. The maximum atomic E-state index is 12.2. The molecule has 6 nitrogen and oxygen atoms in total. The predicted octanol–water partition coefficient (Wildman–Crippen LogP) is 2.22. The zero-order valence-electron chi connectivity index (χ0n) is 14.5. The Labute approximate surface area is 147 Å². The van der Waals surface area contributed by atoms with Gasteiger partial charge in [0.15, 0.2) is 12.7 Å². The number of carbonyl (C=O) groups is 2. The smallest absolute Gasteiger partial charge is 0.276 e. The van der Waals surface area contributed by atoms with Crippen LogP contribution in [0.1, 0.15) is 22.8 Å². The van der Waals surface area contributed by atoms with E-state index in [1.54, 1.807) is 12.1 Å². The molecule has 0 radical (unpaired) electrons. The number of nitrogens with one attached hydrogen (secondary N) is 2. The second-order valence-corrected chi connectivity index (χ2v) is 5.62. The fourth-order valence-corrected chi connectivity index (χ4v) is 2.36. The van der Waals surface area contributed by atoms with Crippen molar-refractivity contribution in [2.24, 2.45) is 0 Å². The van der Waals surface area contributed by atoms with E-state index in [1.807, 2.05) is 50.2 Å². The summed E-state index contributed by atoms with van der Waals surface area (Å²) in [7, 11) is 1.43. The highest BCUT2D eigenvalue weighted by Crippen LogP contribution is 2.18. The number of carbonyl (C=O) groups excluding carboxylic acids is 2. The van der Waals surface area contributed by atoms with Crippen molar-refractivity contribution < 1.29 is 19.1 Å². The minimum absolute atomic E-state index is 0.201. The molecule has 25 heavy (non-hydrogen) atoms. The third-order valence-electron chi connectivity index (χ3n) is 3.59. The molecule has 0 spiro atoms. The number of benzene rings is 2. The van der Waals surface area contributed by atoms with E-state index >= 15 is 0 Å². The van der Waals surface area contributed by atoms with Gasteiger partial charge in [0.05, 0.1) is 0 Å². The van der Waals surface area contributed by atoms with Crippen molar-refractivity contribution in [3.05, 3.63) is 65.2 Å². The number of hydrogen-bond donors (Lipinski definition) is 2. The first-order valence-electron chi connectivity index (χ1n) is 7.87. The molecule has 1 atom stereocenters. The Bertz CT molecular complexity index is 731. The van der Waals surface area contributed by atoms with Crippen molar-refractivity contribution in [3.63, 3.8) is 0 Å². The van der Waals surface area contributed by atoms with Crippen LogP contribution in [0.5, 0.6) is 5.75 Å². The summed E-state index contributed by atoms with van der Waals surface area (Å²) >= 11 is 0. The maximum Gasteiger partial charge on any atom is 0.276 e. The minimum Gasteiger partial charge on any atom is -0.483 e. The van der Waals surface area contributed by atoms with E-state index in [0.29, 0.717) is 11.3 Å². The van der Waals surface area contributed by atoms with Crippen LogP contribution in [0.4, 0.5) is 0 Å². The molecule has 0 aliphatic rings. The van der Waals surface area contributed by atoms with Gasteiger partial charge in [-0.2, -0.15) is 0 Å². The molecule has 0 heterocycles. The number of hydrogen-bond acceptors (Lipinski definition) is 4. The number of hydrazine groups is 1. The van der Waals surface area contributed by atoms with Crippen LogP contribution in [0, 0.1) is 13.8 Å². The third-order valence-corrected chi connectivity index (χ3v) is 3.59. The lowest BCUT2D eigenvalue weighted by molar-refractivity contribution is -0.136. The molecule has 0 aliphatic carbocycles. The van der Waals surface area contributed by atoms with E-state index in [2.05, 4.69) is 10.9 Å². The van der Waals surface area contributed by atoms with E-state index in [1.165, 1.54) is 7.11 Å². The normalized spacial score (nSPS) is 11.5. The minimum atomic E-state index is -0.804. The summed E-state index contributed by atoms with van der Waals surface area (Å²) in [6, 6.07) is 14.7. The second kappa shape index (κ2) is 8.84. The average molecular weight is 342 g/mol. The van der Waals surface area contributed by atoms with Crippen LogP contribution >= 0.6 is 0 Å². The van der Waals surface area contributed by atoms with Crippen LogP contribution in [0.2, 0.25) is 0 Å². The molecule has 0 saturated heterocycles. The Morgan fingerprint density at radius 2 is 1.76 bits per heavy atom. The van der Waals surface area contributed by atoms with Crippen molar-refractivity contribution in [2.45, 2.75) is 20.0 Å². The van der Waals surface area contributed by atoms with Crippen LogP contribution in [0.15, 0.2) is 48.5 Å². The van der Waals surface area contributed by atoms with Crippen LogP contribution in [-0.4, -0.2) is 25.5 Å². The lowest BCUT2D eigenvalue weighted by atomic mass is 10.1. The molecule has 0 fully saturated rings. The predicted molar refractivity (Wildman–Crippen MR) is 93.9 cm³/mol. The van der Waals surface area contributed by atoms with Gasteiger partial charge < -0.3 is 9.47 Å². The number of aryl methyl sites for hydroxylation is 2. The Kier molecular flexibility index (Phi) is 6.54. The SMILES string of the molecule is CO[C@@H](C(=O)NNC(=O)COc1ccc(C)cc1C)c1ccccc1. The number of rotatable bonds is 6. The molecule has 2 N–H and O–H groups in total. The number of ether oxygens (including phenoxy) is 2. The van der Waals surface area contributed by atoms with Gasteiger partial charge in [0.2, 0.25) is 0 Å². The molecule has 0 aliphatic heterocycles. The zero-order valence-corrected chi connectivity index (χ0v) is 14.5. The Morgan fingerprint density at radius 1 is 1.04 bits per heavy atom. The second-order valence-electron chi connectivity index (χ2n) is 5.62. The molecular weight excluding hydrogens is 320 g/mol. The monoisotopic (exact) mass is 342 g/mol. The van der Waals surface area contributed by atoms with Gasteiger partial charge in [0.1, 0.15) is 5.75 Å². The highest BCUT2D eigenvalue weighted by Gasteiger charge is 2.20. The van der Waals surface area contributed by atoms with Gasteiger partial charge in [-0.1, -0.05) is 48.0 Å². The molecule has 0 unspecified atom stereocenters. The molecule has 2 rings (SSSR count). The zero-order chi connectivity index (χ0) is 18.2. The van der Waals surface area contributed by atoms with Gasteiger partial charge in [-0.05, 0) is 31.0 Å². The quantitative estimate of drug-likeness (QED) is 0.789. The molecule has 0 saturated carbocycles. The molecular formula is C19H22N2O4. The maximum absolute atomic E-state index is 12.2. The van der Waals surface area contributed by atoms with E-state index in [4.69, 9.17) is 9.47 Å². The van der Waals surface area contributed by atoms with Crippen LogP contribution < -0.4 is 15.6 Å². The van der Waals surface area contributed by atoms with Crippen LogP contribution in [-0.2, 0) is 14.3 Å². The fourth-order valence-electron chi connectivity index (χ4n) is 2.36. The van der Waals surface area contributed by atoms with Gasteiger partial charge >= 0.3 is 0 Å². The van der Waals surface area contributed by atoms with Crippen molar-refractivity contribution in [3.8, 4) is 5.75 Å². The molecule has 2 amide bonds. The average Bonchev–Trinajstić information content (AvgIpc) is 2.61. The van der Waals surface area contributed by atoms with Crippen molar-refractivity contribution in [2.75, 3.05) is 13.7 Å². The van der Waals surface area contributed by atoms with Gasteiger partial charge in [0.25, 0.3) is 11.8 Å². The summed E-state index contributed by atoms with van der Waals surface area (Å²) in [5.74, 6) is -0.295. The highest BCUT2D eigenvalue weighted by atomic mass is 16.5. The van der Waals surface area contributed by atoms with Crippen molar-refractivity contribution >= 4 is 11.8 Å². The largest absolute Gasteiger partial charge is 0.483 e. The third kappa shape index (κ3) is 5.32. The molecule has 132 valence electrons. The Balaban J connectivity index is 1.83. The van der Waals surface area contributed by atoms with E-state index in [-0.39, 0.29) is 6.61 Å². The van der Waals surface area contributed by atoms with Gasteiger partial charge in [-0.15, -0.1) is 0 Å². The Morgan fingerprint density at radius 3 is 2.40 bits per heavy atom. The molecule has 2 aromatic carbocycles. The standard InChI is InChI=1S/C19H22N2O4/c1-13-9-10-16(14(2)11-13)25-12-17(22)20-21-19(23)18(24-3)15-7-5-4-6-8-15/h4-11,18H,12H2,1-3H3,(H,20,22)(H,21,23)/t18-/m1/s1. The van der Waals surface area contributed by atoms with Gasteiger partial charge in [-0.3, -0.25) is 20.4 Å². The molecule has 6 heteroatoms. The molecule has 0 aromatic heterocycles. The fraction of sp³-hybridized carbons (Fsp3) is 0.263. The Hall–Kier alpha value is -2.86. The van der Waals surface area contributed by atoms with Gasteiger partial charge in [0, 0.05) is 7.11 Å². The topological polar surface area (TPSA) is 76.7 Å².